The van der Waals surface area contributed by atoms with Crippen LogP contribution in [0.5, 0.6) is 0 Å². The number of carbonyl (C=O) groups excluding carboxylic acids is 1. The van der Waals surface area contributed by atoms with Crippen molar-refractivity contribution in [2.75, 3.05) is 20.2 Å². The van der Waals surface area contributed by atoms with E-state index in [1.54, 1.807) is 12.1 Å². The molecule has 0 aliphatic carbocycles. The zero-order valence-electron chi connectivity index (χ0n) is 13.3. The standard InChI is InChI=1S/C17H27NO2/c1-13(2)17(11-18-5,14(3)4)12-20-16(19)15-9-7-6-8-10-15/h6-10,13-14,18H,11-12H2,1-5H3. The first kappa shape index (κ1) is 16.7. The molecule has 0 aliphatic heterocycles. The van der Waals surface area contributed by atoms with Crippen LogP contribution in [0.25, 0.3) is 0 Å². The van der Waals surface area contributed by atoms with Crippen molar-refractivity contribution in [1.82, 2.24) is 5.32 Å². The van der Waals surface area contributed by atoms with E-state index in [0.29, 0.717) is 24.0 Å². The summed E-state index contributed by atoms with van der Waals surface area (Å²) < 4.78 is 5.59. The molecule has 20 heavy (non-hydrogen) atoms. The van der Waals surface area contributed by atoms with Crippen LogP contribution in [0.1, 0.15) is 38.1 Å². The van der Waals surface area contributed by atoms with Crippen molar-refractivity contribution in [1.29, 1.82) is 0 Å². The summed E-state index contributed by atoms with van der Waals surface area (Å²) in [5.74, 6) is 0.615. The zero-order valence-corrected chi connectivity index (χ0v) is 13.3. The number of carbonyl (C=O) groups is 1. The van der Waals surface area contributed by atoms with E-state index >= 15 is 0 Å². The fourth-order valence-electron chi connectivity index (χ4n) is 2.65. The van der Waals surface area contributed by atoms with Gasteiger partial charge in [-0.1, -0.05) is 45.9 Å². The second-order valence-corrected chi connectivity index (χ2v) is 6.02. The molecule has 1 aromatic carbocycles. The van der Waals surface area contributed by atoms with Gasteiger partial charge in [-0.25, -0.2) is 4.79 Å². The van der Waals surface area contributed by atoms with Gasteiger partial charge in [0.25, 0.3) is 0 Å². The molecule has 0 saturated carbocycles. The molecule has 3 heteroatoms. The molecule has 0 spiro atoms. The molecular formula is C17H27NO2. The summed E-state index contributed by atoms with van der Waals surface area (Å²) in [7, 11) is 1.94. The number of hydrogen-bond acceptors (Lipinski definition) is 3. The largest absolute Gasteiger partial charge is 0.461 e. The Morgan fingerprint density at radius 3 is 2.15 bits per heavy atom. The van der Waals surface area contributed by atoms with E-state index in [-0.39, 0.29) is 11.4 Å². The SMILES string of the molecule is CNCC(COC(=O)c1ccccc1)(C(C)C)C(C)C. The lowest BCUT2D eigenvalue weighted by Gasteiger charge is -2.40. The monoisotopic (exact) mass is 277 g/mol. The Labute approximate surface area is 122 Å². The minimum Gasteiger partial charge on any atom is -0.461 e. The Kier molecular flexibility index (Phi) is 6.21. The maximum atomic E-state index is 12.1. The second kappa shape index (κ2) is 7.44. The van der Waals surface area contributed by atoms with Crippen molar-refractivity contribution in [3.05, 3.63) is 35.9 Å². The van der Waals surface area contributed by atoms with Crippen LogP contribution in [-0.2, 0) is 4.74 Å². The summed E-state index contributed by atoms with van der Waals surface area (Å²) in [5.41, 5.74) is 0.567. The third-order valence-corrected chi connectivity index (χ3v) is 4.29. The summed E-state index contributed by atoms with van der Waals surface area (Å²) in [6, 6.07) is 9.16. The molecule has 0 unspecified atom stereocenters. The molecule has 0 fully saturated rings. The number of hydrogen-bond donors (Lipinski definition) is 1. The molecule has 1 aromatic rings. The van der Waals surface area contributed by atoms with E-state index < -0.39 is 0 Å². The number of benzene rings is 1. The van der Waals surface area contributed by atoms with Gasteiger partial charge in [0.1, 0.15) is 0 Å². The van der Waals surface area contributed by atoms with Crippen molar-refractivity contribution in [3.8, 4) is 0 Å². The molecule has 0 amide bonds. The Hall–Kier alpha value is -1.35. The fourth-order valence-corrected chi connectivity index (χ4v) is 2.65. The summed E-state index contributed by atoms with van der Waals surface area (Å²) in [5, 5.41) is 3.24. The maximum Gasteiger partial charge on any atom is 0.338 e. The predicted octanol–water partition coefficient (Wildman–Crippen LogP) is 3.36. The molecule has 0 aliphatic rings. The molecule has 0 aromatic heterocycles. The minimum atomic E-state index is -0.243. The number of rotatable bonds is 7. The van der Waals surface area contributed by atoms with Gasteiger partial charge in [-0.15, -0.1) is 0 Å². The van der Waals surface area contributed by atoms with Crippen LogP contribution in [0, 0.1) is 17.3 Å². The lowest BCUT2D eigenvalue weighted by Crippen LogP contribution is -2.46. The maximum absolute atomic E-state index is 12.1. The van der Waals surface area contributed by atoms with Crippen LogP contribution in [0.15, 0.2) is 30.3 Å². The van der Waals surface area contributed by atoms with Crippen LogP contribution in [0.3, 0.4) is 0 Å². The van der Waals surface area contributed by atoms with Gasteiger partial charge in [-0.2, -0.15) is 0 Å². The summed E-state index contributed by atoms with van der Waals surface area (Å²) in [6.07, 6.45) is 0. The van der Waals surface area contributed by atoms with Crippen molar-refractivity contribution >= 4 is 5.97 Å². The number of nitrogens with one attached hydrogen (secondary N) is 1. The zero-order chi connectivity index (χ0) is 15.2. The highest BCUT2D eigenvalue weighted by Gasteiger charge is 2.38. The molecule has 0 saturated heterocycles. The molecule has 0 bridgehead atoms. The Morgan fingerprint density at radius 1 is 1.15 bits per heavy atom. The summed E-state index contributed by atoms with van der Waals surface area (Å²) >= 11 is 0. The quantitative estimate of drug-likeness (QED) is 0.777. The highest BCUT2D eigenvalue weighted by molar-refractivity contribution is 5.89. The van der Waals surface area contributed by atoms with E-state index in [4.69, 9.17) is 4.74 Å². The molecule has 0 radical (unpaired) electrons. The van der Waals surface area contributed by atoms with Crippen molar-refractivity contribution in [2.24, 2.45) is 17.3 Å². The number of ether oxygens (including phenoxy) is 1. The molecule has 0 atom stereocenters. The van der Waals surface area contributed by atoms with Gasteiger partial charge in [-0.05, 0) is 31.0 Å². The van der Waals surface area contributed by atoms with Gasteiger partial charge in [0, 0.05) is 12.0 Å². The van der Waals surface area contributed by atoms with Crippen LogP contribution in [-0.4, -0.2) is 26.2 Å². The molecule has 1 N–H and O–H groups in total. The molecule has 1 rings (SSSR count). The lowest BCUT2D eigenvalue weighted by atomic mass is 9.69. The topological polar surface area (TPSA) is 38.3 Å². The molecular weight excluding hydrogens is 250 g/mol. The Morgan fingerprint density at radius 2 is 1.70 bits per heavy atom. The van der Waals surface area contributed by atoms with Crippen LogP contribution in [0.2, 0.25) is 0 Å². The van der Waals surface area contributed by atoms with Gasteiger partial charge >= 0.3 is 5.97 Å². The van der Waals surface area contributed by atoms with E-state index in [2.05, 4.69) is 33.0 Å². The highest BCUT2D eigenvalue weighted by atomic mass is 16.5. The Balaban J connectivity index is 2.79. The number of esters is 1. The van der Waals surface area contributed by atoms with Crippen LogP contribution < -0.4 is 5.32 Å². The van der Waals surface area contributed by atoms with Crippen molar-refractivity contribution in [3.63, 3.8) is 0 Å². The smallest absolute Gasteiger partial charge is 0.338 e. The first-order chi connectivity index (χ1) is 9.44. The third kappa shape index (κ3) is 3.83. The molecule has 3 nitrogen and oxygen atoms in total. The van der Waals surface area contributed by atoms with Crippen molar-refractivity contribution < 1.29 is 9.53 Å². The predicted molar refractivity (Wildman–Crippen MR) is 82.8 cm³/mol. The van der Waals surface area contributed by atoms with Crippen LogP contribution >= 0.6 is 0 Å². The van der Waals surface area contributed by atoms with Gasteiger partial charge in [-0.3, -0.25) is 0 Å². The van der Waals surface area contributed by atoms with Crippen molar-refractivity contribution in [2.45, 2.75) is 27.7 Å². The van der Waals surface area contributed by atoms with Crippen LogP contribution in [0.4, 0.5) is 0 Å². The summed E-state index contributed by atoms with van der Waals surface area (Å²) in [4.78, 5) is 12.1. The van der Waals surface area contributed by atoms with E-state index in [1.807, 2.05) is 25.2 Å². The Bertz CT molecular complexity index is 404. The van der Waals surface area contributed by atoms with Gasteiger partial charge in [0.15, 0.2) is 0 Å². The van der Waals surface area contributed by atoms with Gasteiger partial charge in [0.2, 0.25) is 0 Å². The lowest BCUT2D eigenvalue weighted by molar-refractivity contribution is -0.00413. The fraction of sp³-hybridized carbons (Fsp3) is 0.588. The first-order valence-corrected chi connectivity index (χ1v) is 7.31. The highest BCUT2D eigenvalue weighted by Crippen LogP contribution is 2.35. The molecule has 0 heterocycles. The summed E-state index contributed by atoms with van der Waals surface area (Å²) in [6.45, 7) is 10.0. The van der Waals surface area contributed by atoms with E-state index in [9.17, 15) is 4.79 Å². The minimum absolute atomic E-state index is 0.0425. The van der Waals surface area contributed by atoms with Gasteiger partial charge in [0.05, 0.1) is 12.2 Å². The average molecular weight is 277 g/mol. The first-order valence-electron chi connectivity index (χ1n) is 7.31. The average Bonchev–Trinajstić information content (AvgIpc) is 2.43. The normalized spacial score (nSPS) is 11.9. The molecule has 112 valence electrons. The van der Waals surface area contributed by atoms with Gasteiger partial charge < -0.3 is 10.1 Å². The second-order valence-electron chi connectivity index (χ2n) is 6.02. The third-order valence-electron chi connectivity index (χ3n) is 4.29. The van der Waals surface area contributed by atoms with E-state index in [1.165, 1.54) is 0 Å². The van der Waals surface area contributed by atoms with E-state index in [0.717, 1.165) is 6.54 Å².